The van der Waals surface area contributed by atoms with Crippen molar-refractivity contribution < 1.29 is 4.79 Å². The number of para-hydroxylation sites is 1. The van der Waals surface area contributed by atoms with Gasteiger partial charge in [0.05, 0.1) is 5.69 Å². The lowest BCUT2D eigenvalue weighted by Gasteiger charge is -2.16. The van der Waals surface area contributed by atoms with Gasteiger partial charge in [-0.15, -0.1) is 5.10 Å². The van der Waals surface area contributed by atoms with E-state index in [0.29, 0.717) is 4.88 Å². The van der Waals surface area contributed by atoms with Crippen molar-refractivity contribution in [2.75, 3.05) is 11.4 Å². The first-order valence-electron chi connectivity index (χ1n) is 6.02. The molecular formula is C13H13N3OS. The van der Waals surface area contributed by atoms with Gasteiger partial charge in [-0.05, 0) is 36.0 Å². The monoisotopic (exact) mass is 259 g/mol. The van der Waals surface area contributed by atoms with Crippen molar-refractivity contribution in [3.8, 4) is 0 Å². The van der Waals surface area contributed by atoms with Gasteiger partial charge < -0.3 is 4.90 Å². The van der Waals surface area contributed by atoms with Crippen molar-refractivity contribution in [1.29, 1.82) is 0 Å². The number of nitrogens with zero attached hydrogens (tertiary/aromatic N) is 3. The number of fused-ring (bicyclic) bond motifs is 1. The minimum absolute atomic E-state index is 0.0341. The second-order valence-electron chi connectivity index (χ2n) is 4.24. The van der Waals surface area contributed by atoms with Crippen LogP contribution < -0.4 is 4.90 Å². The molecule has 0 unspecified atom stereocenters. The SMILES string of the molecule is CCc1nnsc1C(=O)N1CCc2ccccc21. The number of rotatable bonds is 2. The predicted octanol–water partition coefficient (Wildman–Crippen LogP) is 2.30. The molecule has 1 amide bonds. The van der Waals surface area contributed by atoms with Crippen LogP contribution in [0.3, 0.4) is 0 Å². The van der Waals surface area contributed by atoms with E-state index >= 15 is 0 Å². The standard InChI is InChI=1S/C13H13N3OS/c1-2-10-12(18-15-14-10)13(17)16-8-7-9-5-3-4-6-11(9)16/h3-6H,2,7-8H2,1H3. The Hall–Kier alpha value is -1.75. The van der Waals surface area contributed by atoms with Crippen LogP contribution in [0.1, 0.15) is 27.9 Å². The number of carbonyl (C=O) groups is 1. The number of benzene rings is 1. The summed E-state index contributed by atoms with van der Waals surface area (Å²) in [6, 6.07) is 8.06. The van der Waals surface area contributed by atoms with E-state index in [1.807, 2.05) is 30.0 Å². The second kappa shape index (κ2) is 4.49. The van der Waals surface area contributed by atoms with E-state index in [4.69, 9.17) is 0 Å². The largest absolute Gasteiger partial charge is 0.307 e. The van der Waals surface area contributed by atoms with E-state index in [2.05, 4.69) is 15.7 Å². The number of amides is 1. The fraction of sp³-hybridized carbons (Fsp3) is 0.308. The lowest BCUT2D eigenvalue weighted by atomic mass is 10.2. The molecule has 0 saturated heterocycles. The first-order valence-corrected chi connectivity index (χ1v) is 6.79. The van der Waals surface area contributed by atoms with Crippen molar-refractivity contribution in [3.63, 3.8) is 0 Å². The molecule has 18 heavy (non-hydrogen) atoms. The van der Waals surface area contributed by atoms with Gasteiger partial charge in [0.1, 0.15) is 4.88 Å². The number of carbonyl (C=O) groups excluding carboxylic acids is 1. The Kier molecular flexibility index (Phi) is 2.83. The lowest BCUT2D eigenvalue weighted by Crippen LogP contribution is -2.28. The van der Waals surface area contributed by atoms with Crippen LogP contribution >= 0.6 is 11.5 Å². The maximum absolute atomic E-state index is 12.5. The summed E-state index contributed by atoms with van der Waals surface area (Å²) < 4.78 is 3.89. The van der Waals surface area contributed by atoms with Gasteiger partial charge in [-0.25, -0.2) is 0 Å². The van der Waals surface area contributed by atoms with Crippen molar-refractivity contribution in [3.05, 3.63) is 40.4 Å². The molecule has 1 aromatic carbocycles. The van der Waals surface area contributed by atoms with Crippen LogP contribution in [0.25, 0.3) is 0 Å². The fourth-order valence-corrected chi connectivity index (χ4v) is 2.97. The van der Waals surface area contributed by atoms with Crippen LogP contribution in [0, 0.1) is 0 Å². The maximum atomic E-state index is 12.5. The maximum Gasteiger partial charge on any atom is 0.271 e. The molecule has 0 N–H and O–H groups in total. The van der Waals surface area contributed by atoms with Gasteiger partial charge in [-0.3, -0.25) is 4.79 Å². The average Bonchev–Trinajstić information content (AvgIpc) is 3.04. The van der Waals surface area contributed by atoms with E-state index in [9.17, 15) is 4.79 Å². The van der Waals surface area contributed by atoms with Crippen molar-refractivity contribution in [2.45, 2.75) is 19.8 Å². The smallest absolute Gasteiger partial charge is 0.271 e. The molecule has 1 aliphatic heterocycles. The molecule has 1 aliphatic rings. The summed E-state index contributed by atoms with van der Waals surface area (Å²) >= 11 is 1.19. The van der Waals surface area contributed by atoms with E-state index in [0.717, 1.165) is 30.8 Å². The molecule has 5 heteroatoms. The van der Waals surface area contributed by atoms with Gasteiger partial charge in [0, 0.05) is 12.2 Å². The summed E-state index contributed by atoms with van der Waals surface area (Å²) in [7, 11) is 0. The molecule has 0 bridgehead atoms. The van der Waals surface area contributed by atoms with E-state index in [1.165, 1.54) is 17.1 Å². The Morgan fingerprint density at radius 1 is 1.44 bits per heavy atom. The molecule has 1 aromatic heterocycles. The number of hydrogen-bond donors (Lipinski definition) is 0. The van der Waals surface area contributed by atoms with Crippen molar-refractivity contribution >= 4 is 23.1 Å². The molecule has 3 rings (SSSR count). The Bertz CT molecular complexity index is 593. The molecule has 0 atom stereocenters. The summed E-state index contributed by atoms with van der Waals surface area (Å²) in [6.45, 7) is 2.74. The lowest BCUT2D eigenvalue weighted by molar-refractivity contribution is 0.0992. The van der Waals surface area contributed by atoms with Gasteiger partial charge in [-0.2, -0.15) is 0 Å². The third kappa shape index (κ3) is 1.71. The first kappa shape index (κ1) is 11.3. The van der Waals surface area contributed by atoms with Crippen molar-refractivity contribution in [2.24, 2.45) is 0 Å². The number of aromatic nitrogens is 2. The quantitative estimate of drug-likeness (QED) is 0.831. The number of aryl methyl sites for hydroxylation is 1. The second-order valence-corrected chi connectivity index (χ2v) is 4.99. The molecule has 4 nitrogen and oxygen atoms in total. The highest BCUT2D eigenvalue weighted by Crippen LogP contribution is 2.29. The molecule has 0 saturated carbocycles. The molecular weight excluding hydrogens is 246 g/mol. The summed E-state index contributed by atoms with van der Waals surface area (Å²) in [4.78, 5) is 15.0. The van der Waals surface area contributed by atoms with Gasteiger partial charge >= 0.3 is 0 Å². The van der Waals surface area contributed by atoms with Gasteiger partial charge in [0.2, 0.25) is 0 Å². The van der Waals surface area contributed by atoms with Crippen LogP contribution in [-0.2, 0) is 12.8 Å². The zero-order valence-corrected chi connectivity index (χ0v) is 10.9. The van der Waals surface area contributed by atoms with Crippen LogP contribution in [0.2, 0.25) is 0 Å². The Morgan fingerprint density at radius 2 is 2.28 bits per heavy atom. The zero-order chi connectivity index (χ0) is 12.5. The Balaban J connectivity index is 1.96. The molecule has 92 valence electrons. The highest BCUT2D eigenvalue weighted by atomic mass is 32.1. The minimum Gasteiger partial charge on any atom is -0.307 e. The molecule has 2 heterocycles. The van der Waals surface area contributed by atoms with Crippen LogP contribution in [0.15, 0.2) is 24.3 Å². The number of anilines is 1. The molecule has 0 aliphatic carbocycles. The minimum atomic E-state index is 0.0341. The Labute approximate surface area is 109 Å². The summed E-state index contributed by atoms with van der Waals surface area (Å²) in [5.74, 6) is 0.0341. The highest BCUT2D eigenvalue weighted by Gasteiger charge is 2.28. The van der Waals surface area contributed by atoms with Gasteiger partial charge in [0.25, 0.3) is 5.91 Å². The molecule has 0 radical (unpaired) electrons. The van der Waals surface area contributed by atoms with Crippen molar-refractivity contribution in [1.82, 2.24) is 9.59 Å². The van der Waals surface area contributed by atoms with E-state index in [1.54, 1.807) is 0 Å². The topological polar surface area (TPSA) is 46.1 Å². The van der Waals surface area contributed by atoms with Crippen LogP contribution in [0.5, 0.6) is 0 Å². The van der Waals surface area contributed by atoms with Gasteiger partial charge in [-0.1, -0.05) is 29.6 Å². The molecule has 2 aromatic rings. The zero-order valence-electron chi connectivity index (χ0n) is 10.1. The summed E-state index contributed by atoms with van der Waals surface area (Å²) in [6.07, 6.45) is 1.67. The number of hydrogen-bond acceptors (Lipinski definition) is 4. The van der Waals surface area contributed by atoms with Crippen LogP contribution in [-0.4, -0.2) is 22.0 Å². The third-order valence-electron chi connectivity index (χ3n) is 3.22. The average molecular weight is 259 g/mol. The third-order valence-corrected chi connectivity index (χ3v) is 3.97. The fourth-order valence-electron chi connectivity index (χ4n) is 2.27. The summed E-state index contributed by atoms with van der Waals surface area (Å²) in [5, 5.41) is 4.00. The van der Waals surface area contributed by atoms with E-state index in [-0.39, 0.29) is 5.91 Å². The van der Waals surface area contributed by atoms with Crippen LogP contribution in [0.4, 0.5) is 5.69 Å². The summed E-state index contributed by atoms with van der Waals surface area (Å²) in [5.41, 5.74) is 3.06. The Morgan fingerprint density at radius 3 is 3.11 bits per heavy atom. The predicted molar refractivity (Wildman–Crippen MR) is 71.1 cm³/mol. The molecule has 0 fully saturated rings. The van der Waals surface area contributed by atoms with Gasteiger partial charge in [0.15, 0.2) is 0 Å². The highest BCUT2D eigenvalue weighted by molar-refractivity contribution is 7.08. The van der Waals surface area contributed by atoms with E-state index < -0.39 is 0 Å². The first-order chi connectivity index (χ1) is 8.81. The molecule has 0 spiro atoms. The normalized spacial score (nSPS) is 13.7.